The molecule has 2 heteroatoms. The summed E-state index contributed by atoms with van der Waals surface area (Å²) in [4.78, 5) is 0. The van der Waals surface area contributed by atoms with Gasteiger partial charge in [-0.2, -0.15) is 5.10 Å². The largest absolute Gasteiger partial charge is 0.272 e. The highest BCUT2D eigenvalue weighted by atomic mass is 15.3. The predicted octanol–water partition coefficient (Wildman–Crippen LogP) is 2.17. The molecule has 1 fully saturated rings. The highest BCUT2D eigenvalue weighted by Gasteiger charge is 2.25. The van der Waals surface area contributed by atoms with Gasteiger partial charge in [-0.05, 0) is 25.3 Å². The second kappa shape index (κ2) is 2.68. The molecule has 0 bridgehead atoms. The number of rotatable bonds is 3. The van der Waals surface area contributed by atoms with Gasteiger partial charge in [0, 0.05) is 18.7 Å². The van der Waals surface area contributed by atoms with Gasteiger partial charge >= 0.3 is 0 Å². The summed E-state index contributed by atoms with van der Waals surface area (Å²) in [6.07, 6.45) is 5.97. The minimum Gasteiger partial charge on any atom is -0.272 e. The summed E-state index contributed by atoms with van der Waals surface area (Å²) in [5.74, 6) is 0.799. The maximum Gasteiger partial charge on any atom is 0.0655 e. The van der Waals surface area contributed by atoms with Crippen molar-refractivity contribution in [3.63, 3.8) is 0 Å². The molecule has 0 radical (unpaired) electrons. The summed E-state index contributed by atoms with van der Waals surface area (Å²) in [5, 5.41) is 4.48. The van der Waals surface area contributed by atoms with Crippen LogP contribution in [0.1, 0.15) is 37.8 Å². The molecule has 1 aliphatic rings. The Morgan fingerprint density at radius 1 is 1.64 bits per heavy atom. The van der Waals surface area contributed by atoms with Gasteiger partial charge in [0.05, 0.1) is 5.69 Å². The lowest BCUT2D eigenvalue weighted by molar-refractivity contribution is 0.594. The van der Waals surface area contributed by atoms with Gasteiger partial charge in [-0.1, -0.05) is 6.92 Å². The number of hydrogen-bond acceptors (Lipinski definition) is 1. The predicted molar refractivity (Wildman–Crippen MR) is 44.5 cm³/mol. The number of nitrogens with zero attached hydrogens (tertiary/aromatic N) is 2. The van der Waals surface area contributed by atoms with Crippen molar-refractivity contribution in [2.75, 3.05) is 0 Å². The first kappa shape index (κ1) is 6.89. The molecular formula is C9H14N2. The molecule has 2 nitrogen and oxygen atoms in total. The fourth-order valence-corrected chi connectivity index (χ4v) is 1.33. The first-order valence-corrected chi connectivity index (χ1v) is 4.43. The van der Waals surface area contributed by atoms with E-state index in [0.29, 0.717) is 0 Å². The van der Waals surface area contributed by atoms with Crippen molar-refractivity contribution in [2.24, 2.45) is 0 Å². The molecule has 0 atom stereocenters. The molecule has 1 saturated carbocycles. The van der Waals surface area contributed by atoms with Crippen molar-refractivity contribution in [2.45, 2.75) is 38.6 Å². The van der Waals surface area contributed by atoms with Crippen LogP contribution in [0.25, 0.3) is 0 Å². The molecule has 0 unspecified atom stereocenters. The maximum absolute atomic E-state index is 4.48. The summed E-state index contributed by atoms with van der Waals surface area (Å²) in [5.41, 5.74) is 1.30. The molecular weight excluding hydrogens is 136 g/mol. The third-order valence-corrected chi connectivity index (χ3v) is 2.11. The summed E-state index contributed by atoms with van der Waals surface area (Å²) in [6.45, 7) is 3.24. The lowest BCUT2D eigenvalue weighted by Crippen LogP contribution is -1.97. The number of aryl methyl sites for hydroxylation is 1. The fraction of sp³-hybridized carbons (Fsp3) is 0.667. The molecule has 11 heavy (non-hydrogen) atoms. The molecule has 1 aliphatic carbocycles. The minimum atomic E-state index is 0.799. The van der Waals surface area contributed by atoms with Crippen LogP contribution in [0.4, 0.5) is 0 Å². The Bertz CT molecular complexity index is 235. The van der Waals surface area contributed by atoms with Crippen molar-refractivity contribution in [1.82, 2.24) is 9.78 Å². The maximum atomic E-state index is 4.48. The Morgan fingerprint density at radius 3 is 3.09 bits per heavy atom. The van der Waals surface area contributed by atoms with E-state index in [1.165, 1.54) is 25.0 Å². The third kappa shape index (κ3) is 1.44. The van der Waals surface area contributed by atoms with Crippen LogP contribution in [-0.4, -0.2) is 9.78 Å². The van der Waals surface area contributed by atoms with Crippen LogP contribution < -0.4 is 0 Å². The second-order valence-electron chi connectivity index (χ2n) is 3.28. The number of hydrogen-bond donors (Lipinski definition) is 0. The number of aromatic nitrogens is 2. The van der Waals surface area contributed by atoms with Gasteiger partial charge in [-0.15, -0.1) is 0 Å². The Labute approximate surface area is 67.2 Å². The molecule has 1 aromatic rings. The quantitative estimate of drug-likeness (QED) is 0.645. The molecule has 1 heterocycles. The zero-order valence-corrected chi connectivity index (χ0v) is 6.95. The molecule has 1 aromatic heterocycles. The van der Waals surface area contributed by atoms with Crippen LogP contribution in [0.2, 0.25) is 0 Å². The van der Waals surface area contributed by atoms with Gasteiger partial charge in [0.2, 0.25) is 0 Å². The van der Waals surface area contributed by atoms with Gasteiger partial charge in [0.15, 0.2) is 0 Å². The van der Waals surface area contributed by atoms with Crippen molar-refractivity contribution in [1.29, 1.82) is 0 Å². The Kier molecular flexibility index (Phi) is 1.68. The molecule has 0 amide bonds. The van der Waals surface area contributed by atoms with Gasteiger partial charge in [-0.25, -0.2) is 0 Å². The summed E-state index contributed by atoms with van der Waals surface area (Å²) < 4.78 is 2.05. The minimum absolute atomic E-state index is 0.799. The summed E-state index contributed by atoms with van der Waals surface area (Å²) in [7, 11) is 0. The smallest absolute Gasteiger partial charge is 0.0655 e. The molecule has 60 valence electrons. The molecule has 0 aliphatic heterocycles. The summed E-state index contributed by atoms with van der Waals surface area (Å²) >= 11 is 0. The molecule has 0 spiro atoms. The van der Waals surface area contributed by atoms with Crippen molar-refractivity contribution >= 4 is 0 Å². The zero-order valence-electron chi connectivity index (χ0n) is 6.95. The van der Waals surface area contributed by atoms with E-state index < -0.39 is 0 Å². The first-order valence-electron chi connectivity index (χ1n) is 4.43. The third-order valence-electron chi connectivity index (χ3n) is 2.11. The topological polar surface area (TPSA) is 17.8 Å². The van der Waals surface area contributed by atoms with Crippen molar-refractivity contribution < 1.29 is 0 Å². The van der Waals surface area contributed by atoms with E-state index in [1.54, 1.807) is 0 Å². The van der Waals surface area contributed by atoms with Gasteiger partial charge in [0.25, 0.3) is 0 Å². The molecule has 0 saturated heterocycles. The van der Waals surface area contributed by atoms with E-state index in [4.69, 9.17) is 0 Å². The Hall–Kier alpha value is -0.790. The Balaban J connectivity index is 2.06. The zero-order chi connectivity index (χ0) is 7.68. The molecule has 0 N–H and O–H groups in total. The highest BCUT2D eigenvalue weighted by molar-refractivity contribution is 5.12. The van der Waals surface area contributed by atoms with Gasteiger partial charge in [0.1, 0.15) is 0 Å². The average Bonchev–Trinajstić information content (AvgIpc) is 2.75. The van der Waals surface area contributed by atoms with Crippen LogP contribution in [0.3, 0.4) is 0 Å². The van der Waals surface area contributed by atoms with Gasteiger partial charge in [-0.3, -0.25) is 4.68 Å². The average molecular weight is 150 g/mol. The monoisotopic (exact) mass is 150 g/mol. The first-order chi connectivity index (χ1) is 5.40. The Morgan fingerprint density at radius 2 is 2.45 bits per heavy atom. The van der Waals surface area contributed by atoms with Crippen LogP contribution >= 0.6 is 0 Å². The SMILES string of the molecule is CCCn1ccc(C2CC2)n1. The fourth-order valence-electron chi connectivity index (χ4n) is 1.33. The standard InChI is InChI=1S/C9H14N2/c1-2-6-11-7-5-9(10-11)8-3-4-8/h5,7-8H,2-4,6H2,1H3. The van der Waals surface area contributed by atoms with Crippen LogP contribution in [0.5, 0.6) is 0 Å². The van der Waals surface area contributed by atoms with E-state index in [0.717, 1.165) is 12.5 Å². The van der Waals surface area contributed by atoms with E-state index >= 15 is 0 Å². The van der Waals surface area contributed by atoms with E-state index in [9.17, 15) is 0 Å². The lowest BCUT2D eigenvalue weighted by atomic mass is 10.3. The van der Waals surface area contributed by atoms with Crippen LogP contribution in [0, 0.1) is 0 Å². The van der Waals surface area contributed by atoms with Crippen molar-refractivity contribution in [3.8, 4) is 0 Å². The van der Waals surface area contributed by atoms with Crippen LogP contribution in [-0.2, 0) is 6.54 Å². The lowest BCUT2D eigenvalue weighted by Gasteiger charge is -1.95. The van der Waals surface area contributed by atoms with E-state index in [-0.39, 0.29) is 0 Å². The second-order valence-corrected chi connectivity index (χ2v) is 3.28. The van der Waals surface area contributed by atoms with Crippen LogP contribution in [0.15, 0.2) is 12.3 Å². The van der Waals surface area contributed by atoms with E-state index in [2.05, 4.69) is 24.3 Å². The molecule has 0 aromatic carbocycles. The molecule has 2 rings (SSSR count). The summed E-state index contributed by atoms with van der Waals surface area (Å²) in [6, 6.07) is 2.16. The highest BCUT2D eigenvalue weighted by Crippen LogP contribution is 2.38. The normalized spacial score (nSPS) is 17.2. The van der Waals surface area contributed by atoms with Gasteiger partial charge < -0.3 is 0 Å². The van der Waals surface area contributed by atoms with Crippen molar-refractivity contribution in [3.05, 3.63) is 18.0 Å². The van der Waals surface area contributed by atoms with E-state index in [1.807, 2.05) is 4.68 Å².